The van der Waals surface area contributed by atoms with Crippen molar-refractivity contribution in [2.75, 3.05) is 39.3 Å². The fourth-order valence-electron chi connectivity index (χ4n) is 6.12. The van der Waals surface area contributed by atoms with Gasteiger partial charge in [0.25, 0.3) is 5.91 Å². The molecular formula is C24H33N3O3. The second kappa shape index (κ2) is 7.40. The number of carbonyl (C=O) groups excluding carboxylic acids is 3. The van der Waals surface area contributed by atoms with Crippen molar-refractivity contribution in [3.63, 3.8) is 0 Å². The molecule has 0 unspecified atom stereocenters. The lowest BCUT2D eigenvalue weighted by atomic mass is 9.60. The van der Waals surface area contributed by atoms with Crippen LogP contribution in [-0.4, -0.2) is 71.7 Å². The summed E-state index contributed by atoms with van der Waals surface area (Å²) in [5.41, 5.74) is 2.22. The zero-order valence-electron chi connectivity index (χ0n) is 18.7. The second-order valence-corrected chi connectivity index (χ2v) is 9.54. The van der Waals surface area contributed by atoms with E-state index in [2.05, 4.69) is 6.07 Å². The van der Waals surface area contributed by atoms with E-state index in [1.165, 1.54) is 0 Å². The van der Waals surface area contributed by atoms with Gasteiger partial charge < -0.3 is 14.7 Å². The molecule has 0 saturated carbocycles. The summed E-state index contributed by atoms with van der Waals surface area (Å²) in [5.74, 6) is 0.325. The van der Waals surface area contributed by atoms with Crippen LogP contribution in [0.15, 0.2) is 18.2 Å². The standard InChI is InChI=1S/C24H33N3O3/c1-5-25-11-8-24(22(25)30)16-27(19(4)28)15-23(24)6-9-26(10-7-23)21(29)20-13-17(2)12-18(3)14-20/h12-14H,5-11,15-16H2,1-4H3/t24-/m0/s1. The van der Waals surface area contributed by atoms with E-state index in [9.17, 15) is 14.4 Å². The Bertz CT molecular complexity index is 867. The van der Waals surface area contributed by atoms with Crippen molar-refractivity contribution in [2.24, 2.45) is 10.8 Å². The number of likely N-dealkylation sites (tertiary alicyclic amines) is 3. The fourth-order valence-corrected chi connectivity index (χ4v) is 6.12. The van der Waals surface area contributed by atoms with Gasteiger partial charge in [-0.05, 0) is 52.2 Å². The molecule has 162 valence electrons. The van der Waals surface area contributed by atoms with Crippen LogP contribution in [-0.2, 0) is 9.59 Å². The normalized spacial score (nSPS) is 25.6. The van der Waals surface area contributed by atoms with E-state index in [-0.39, 0.29) is 23.1 Å². The minimum Gasteiger partial charge on any atom is -0.342 e. The lowest BCUT2D eigenvalue weighted by Crippen LogP contribution is -2.53. The van der Waals surface area contributed by atoms with Crippen molar-refractivity contribution < 1.29 is 14.4 Å². The zero-order chi connectivity index (χ0) is 21.7. The van der Waals surface area contributed by atoms with Crippen molar-refractivity contribution in [3.05, 3.63) is 34.9 Å². The molecule has 4 rings (SSSR count). The molecule has 0 N–H and O–H groups in total. The third kappa shape index (κ3) is 3.12. The van der Waals surface area contributed by atoms with E-state index in [1.54, 1.807) is 6.92 Å². The number of carbonyl (C=O) groups is 3. The molecule has 3 heterocycles. The summed E-state index contributed by atoms with van der Waals surface area (Å²) in [6.07, 6.45) is 2.36. The Morgan fingerprint density at radius 2 is 1.57 bits per heavy atom. The molecule has 1 aromatic carbocycles. The Morgan fingerprint density at radius 1 is 0.933 bits per heavy atom. The van der Waals surface area contributed by atoms with Gasteiger partial charge in [0.15, 0.2) is 0 Å². The Balaban J connectivity index is 1.57. The van der Waals surface area contributed by atoms with Gasteiger partial charge in [0, 0.05) is 57.2 Å². The molecule has 3 saturated heterocycles. The van der Waals surface area contributed by atoms with Crippen LogP contribution in [0.1, 0.15) is 54.6 Å². The Hall–Kier alpha value is -2.37. The van der Waals surface area contributed by atoms with Gasteiger partial charge >= 0.3 is 0 Å². The monoisotopic (exact) mass is 411 g/mol. The number of hydrogen-bond donors (Lipinski definition) is 0. The Labute approximate surface area is 179 Å². The van der Waals surface area contributed by atoms with Gasteiger partial charge in [-0.15, -0.1) is 0 Å². The molecule has 0 radical (unpaired) electrons. The summed E-state index contributed by atoms with van der Waals surface area (Å²) in [4.78, 5) is 44.5. The first-order valence-corrected chi connectivity index (χ1v) is 11.1. The second-order valence-electron chi connectivity index (χ2n) is 9.54. The highest BCUT2D eigenvalue weighted by Gasteiger charge is 2.65. The molecule has 3 aliphatic heterocycles. The predicted molar refractivity (Wildman–Crippen MR) is 115 cm³/mol. The molecule has 2 spiro atoms. The van der Waals surface area contributed by atoms with Gasteiger partial charge in [-0.2, -0.15) is 0 Å². The van der Waals surface area contributed by atoms with Gasteiger partial charge in [0.05, 0.1) is 5.41 Å². The first-order valence-electron chi connectivity index (χ1n) is 11.1. The molecule has 0 aliphatic carbocycles. The highest BCUT2D eigenvalue weighted by Crippen LogP contribution is 2.57. The Kier molecular flexibility index (Phi) is 5.15. The number of hydrogen-bond acceptors (Lipinski definition) is 3. The summed E-state index contributed by atoms with van der Waals surface area (Å²) >= 11 is 0. The minimum absolute atomic E-state index is 0.0442. The van der Waals surface area contributed by atoms with E-state index in [0.717, 1.165) is 42.5 Å². The summed E-state index contributed by atoms with van der Waals surface area (Å²) < 4.78 is 0. The molecule has 0 aromatic heterocycles. The van der Waals surface area contributed by atoms with Crippen molar-refractivity contribution in [2.45, 2.75) is 47.0 Å². The average Bonchev–Trinajstić information content (AvgIpc) is 3.20. The molecule has 3 aliphatic rings. The van der Waals surface area contributed by atoms with Gasteiger partial charge in [0.1, 0.15) is 0 Å². The number of rotatable bonds is 2. The molecular weight excluding hydrogens is 378 g/mol. The third-order valence-corrected chi connectivity index (χ3v) is 7.78. The summed E-state index contributed by atoms with van der Waals surface area (Å²) in [5, 5.41) is 0. The molecule has 0 bridgehead atoms. The van der Waals surface area contributed by atoms with Crippen molar-refractivity contribution >= 4 is 17.7 Å². The van der Waals surface area contributed by atoms with E-state index in [4.69, 9.17) is 0 Å². The molecule has 1 atom stereocenters. The lowest BCUT2D eigenvalue weighted by Gasteiger charge is -2.46. The van der Waals surface area contributed by atoms with E-state index in [1.807, 2.05) is 47.6 Å². The quantitative estimate of drug-likeness (QED) is 0.752. The largest absolute Gasteiger partial charge is 0.342 e. The predicted octanol–water partition coefficient (Wildman–Crippen LogP) is 2.63. The van der Waals surface area contributed by atoms with E-state index in [0.29, 0.717) is 32.7 Å². The van der Waals surface area contributed by atoms with Crippen molar-refractivity contribution in [3.8, 4) is 0 Å². The first kappa shape index (κ1) is 20.9. The van der Waals surface area contributed by atoms with Gasteiger partial charge in [-0.1, -0.05) is 17.2 Å². The van der Waals surface area contributed by atoms with E-state index >= 15 is 0 Å². The number of fused-ring (bicyclic) bond motifs is 1. The maximum atomic E-state index is 13.4. The number of amides is 3. The zero-order valence-corrected chi connectivity index (χ0v) is 18.7. The first-order chi connectivity index (χ1) is 14.2. The molecule has 3 amide bonds. The third-order valence-electron chi connectivity index (χ3n) is 7.78. The van der Waals surface area contributed by atoms with Crippen LogP contribution in [0.4, 0.5) is 0 Å². The summed E-state index contributed by atoms with van der Waals surface area (Å²) in [6, 6.07) is 5.98. The van der Waals surface area contributed by atoms with Gasteiger partial charge in [0.2, 0.25) is 11.8 Å². The molecule has 3 fully saturated rings. The van der Waals surface area contributed by atoms with Crippen LogP contribution >= 0.6 is 0 Å². The van der Waals surface area contributed by atoms with Crippen LogP contribution in [0.25, 0.3) is 0 Å². The van der Waals surface area contributed by atoms with Crippen LogP contribution in [0.3, 0.4) is 0 Å². The smallest absolute Gasteiger partial charge is 0.253 e. The van der Waals surface area contributed by atoms with Crippen LogP contribution < -0.4 is 0 Å². The van der Waals surface area contributed by atoms with E-state index < -0.39 is 5.41 Å². The maximum Gasteiger partial charge on any atom is 0.253 e. The number of nitrogens with zero attached hydrogens (tertiary/aromatic N) is 3. The number of piperidine rings is 1. The van der Waals surface area contributed by atoms with Crippen molar-refractivity contribution in [1.29, 1.82) is 0 Å². The SMILES string of the molecule is CCN1CC[C@]2(CN(C(C)=O)CC23CCN(C(=O)c2cc(C)cc(C)c2)CC3)C1=O. The van der Waals surface area contributed by atoms with Crippen molar-refractivity contribution in [1.82, 2.24) is 14.7 Å². The topological polar surface area (TPSA) is 60.9 Å². The maximum absolute atomic E-state index is 13.4. The lowest BCUT2D eigenvalue weighted by molar-refractivity contribution is -0.141. The van der Waals surface area contributed by atoms with Crippen LogP contribution in [0.5, 0.6) is 0 Å². The summed E-state index contributed by atoms with van der Waals surface area (Å²) in [7, 11) is 0. The number of benzene rings is 1. The van der Waals surface area contributed by atoms with Crippen LogP contribution in [0.2, 0.25) is 0 Å². The Morgan fingerprint density at radius 3 is 2.10 bits per heavy atom. The van der Waals surface area contributed by atoms with Crippen LogP contribution in [0, 0.1) is 24.7 Å². The molecule has 1 aromatic rings. The molecule has 6 nitrogen and oxygen atoms in total. The van der Waals surface area contributed by atoms with Gasteiger partial charge in [-0.25, -0.2) is 0 Å². The van der Waals surface area contributed by atoms with Gasteiger partial charge in [-0.3, -0.25) is 14.4 Å². The average molecular weight is 412 g/mol. The molecule has 6 heteroatoms. The molecule has 30 heavy (non-hydrogen) atoms. The highest BCUT2D eigenvalue weighted by atomic mass is 16.2. The summed E-state index contributed by atoms with van der Waals surface area (Å²) in [6.45, 7) is 11.6. The fraction of sp³-hybridized carbons (Fsp3) is 0.625. The highest BCUT2D eigenvalue weighted by molar-refractivity contribution is 5.95. The number of aryl methyl sites for hydroxylation is 2. The minimum atomic E-state index is -0.482.